The first-order chi connectivity index (χ1) is 7.26. The lowest BCUT2D eigenvalue weighted by molar-refractivity contribution is -0.0429. The summed E-state index contributed by atoms with van der Waals surface area (Å²) in [6.07, 6.45) is 1.49. The summed E-state index contributed by atoms with van der Waals surface area (Å²) in [7, 11) is -5.35. The van der Waals surface area contributed by atoms with Gasteiger partial charge in [-0.15, -0.1) is 0 Å². The van der Waals surface area contributed by atoms with Gasteiger partial charge in [0.25, 0.3) is 0 Å². The Morgan fingerprint density at radius 3 is 2.06 bits per heavy atom. The molecule has 0 saturated heterocycles. The van der Waals surface area contributed by atoms with Crippen LogP contribution in [0, 0.1) is 0 Å². The van der Waals surface area contributed by atoms with Crippen LogP contribution in [0.3, 0.4) is 0 Å². The van der Waals surface area contributed by atoms with E-state index in [2.05, 4.69) is 6.58 Å². The number of rotatable bonds is 3. The first-order valence-corrected chi connectivity index (χ1v) is 5.56. The van der Waals surface area contributed by atoms with Crippen LogP contribution in [-0.2, 0) is 10.0 Å². The summed E-state index contributed by atoms with van der Waals surface area (Å²) in [6, 6.07) is 5.34. The van der Waals surface area contributed by atoms with Gasteiger partial charge in [-0.3, -0.25) is 4.72 Å². The predicted molar refractivity (Wildman–Crippen MR) is 55.1 cm³/mol. The summed E-state index contributed by atoms with van der Waals surface area (Å²) in [5.41, 5.74) is -4.79. The number of halogens is 3. The highest BCUT2D eigenvalue weighted by Crippen LogP contribution is 2.25. The van der Waals surface area contributed by atoms with E-state index >= 15 is 0 Å². The first kappa shape index (κ1) is 12.6. The fourth-order valence-corrected chi connectivity index (χ4v) is 1.46. The second kappa shape index (κ2) is 4.17. The van der Waals surface area contributed by atoms with Crippen LogP contribution in [0.1, 0.15) is 5.56 Å². The third-order valence-corrected chi connectivity index (χ3v) is 2.82. The Morgan fingerprint density at radius 2 is 1.69 bits per heavy atom. The van der Waals surface area contributed by atoms with Gasteiger partial charge in [0.05, 0.1) is 0 Å². The monoisotopic (exact) mass is 251 g/mol. The fourth-order valence-electron chi connectivity index (χ4n) is 0.900. The molecule has 0 aromatic heterocycles. The molecule has 0 bridgehead atoms. The van der Waals surface area contributed by atoms with Crippen molar-refractivity contribution in [3.63, 3.8) is 0 Å². The normalized spacial score (nSPS) is 12.2. The van der Waals surface area contributed by atoms with Crippen molar-refractivity contribution in [3.8, 4) is 0 Å². The van der Waals surface area contributed by atoms with E-state index in [-0.39, 0.29) is 5.69 Å². The summed E-state index contributed by atoms with van der Waals surface area (Å²) in [6.45, 7) is 3.46. The Kier molecular flexibility index (Phi) is 3.27. The molecule has 0 fully saturated rings. The number of anilines is 1. The van der Waals surface area contributed by atoms with Crippen LogP contribution in [0.4, 0.5) is 18.9 Å². The molecule has 0 atom stereocenters. The van der Waals surface area contributed by atoms with Gasteiger partial charge in [0.15, 0.2) is 0 Å². The van der Waals surface area contributed by atoms with Crippen LogP contribution >= 0.6 is 0 Å². The average molecular weight is 251 g/mol. The molecule has 0 saturated carbocycles. The van der Waals surface area contributed by atoms with Gasteiger partial charge in [-0.1, -0.05) is 24.8 Å². The van der Waals surface area contributed by atoms with E-state index < -0.39 is 15.5 Å². The molecular weight excluding hydrogens is 243 g/mol. The van der Waals surface area contributed by atoms with Crippen molar-refractivity contribution in [1.82, 2.24) is 0 Å². The van der Waals surface area contributed by atoms with Crippen molar-refractivity contribution in [2.75, 3.05) is 4.72 Å². The third-order valence-electron chi connectivity index (χ3n) is 1.70. The minimum atomic E-state index is -5.35. The largest absolute Gasteiger partial charge is 0.516 e. The maximum absolute atomic E-state index is 12.0. The SMILES string of the molecule is C=Cc1ccc(NS(=O)(=O)C(F)(F)F)cc1. The lowest BCUT2D eigenvalue weighted by atomic mass is 10.2. The van der Waals surface area contributed by atoms with Gasteiger partial charge in [-0.25, -0.2) is 0 Å². The predicted octanol–water partition coefficient (Wildman–Crippen LogP) is 2.59. The summed E-state index contributed by atoms with van der Waals surface area (Å²) in [5, 5.41) is 0. The summed E-state index contributed by atoms with van der Waals surface area (Å²) in [5.74, 6) is 0. The number of sulfonamides is 1. The molecule has 1 rings (SSSR count). The van der Waals surface area contributed by atoms with Crippen LogP contribution in [-0.4, -0.2) is 13.9 Å². The highest BCUT2D eigenvalue weighted by atomic mass is 32.2. The Hall–Kier alpha value is -1.50. The van der Waals surface area contributed by atoms with Gasteiger partial charge in [0.2, 0.25) is 0 Å². The van der Waals surface area contributed by atoms with Gasteiger partial charge >= 0.3 is 15.5 Å². The number of alkyl halides is 3. The van der Waals surface area contributed by atoms with Crippen molar-refractivity contribution in [3.05, 3.63) is 36.4 Å². The molecule has 0 aliphatic carbocycles. The van der Waals surface area contributed by atoms with E-state index in [0.29, 0.717) is 5.56 Å². The second-order valence-corrected chi connectivity index (χ2v) is 4.55. The maximum atomic E-state index is 12.0. The topological polar surface area (TPSA) is 46.2 Å². The number of nitrogens with one attached hydrogen (secondary N) is 1. The molecule has 0 aliphatic heterocycles. The van der Waals surface area contributed by atoms with Crippen LogP contribution < -0.4 is 4.72 Å². The van der Waals surface area contributed by atoms with E-state index in [9.17, 15) is 21.6 Å². The molecule has 7 heteroatoms. The maximum Gasteiger partial charge on any atom is 0.516 e. The van der Waals surface area contributed by atoms with Gasteiger partial charge in [-0.05, 0) is 17.7 Å². The number of hydrogen-bond acceptors (Lipinski definition) is 2. The molecular formula is C9H8F3NO2S. The van der Waals surface area contributed by atoms with Crippen molar-refractivity contribution in [2.24, 2.45) is 0 Å². The third kappa shape index (κ3) is 2.75. The van der Waals surface area contributed by atoms with Crippen molar-refractivity contribution < 1.29 is 21.6 Å². The molecule has 0 amide bonds. The molecule has 88 valence electrons. The Balaban J connectivity index is 2.93. The van der Waals surface area contributed by atoms with Crippen molar-refractivity contribution >= 4 is 21.8 Å². The van der Waals surface area contributed by atoms with Crippen LogP contribution in [0.5, 0.6) is 0 Å². The summed E-state index contributed by atoms with van der Waals surface area (Å²) < 4.78 is 58.9. The Labute approximate surface area is 90.6 Å². The van der Waals surface area contributed by atoms with E-state index in [0.717, 1.165) is 0 Å². The van der Waals surface area contributed by atoms with Crippen molar-refractivity contribution in [2.45, 2.75) is 5.51 Å². The standard InChI is InChI=1S/C9H8F3NO2S/c1-2-7-3-5-8(6-4-7)13-16(14,15)9(10,11)12/h2-6,13H,1H2. The molecule has 0 spiro atoms. The highest BCUT2D eigenvalue weighted by molar-refractivity contribution is 7.93. The van der Waals surface area contributed by atoms with Crippen LogP contribution in [0.2, 0.25) is 0 Å². The van der Waals surface area contributed by atoms with Gasteiger partial charge in [0.1, 0.15) is 0 Å². The number of hydrogen-bond donors (Lipinski definition) is 1. The van der Waals surface area contributed by atoms with Gasteiger partial charge in [-0.2, -0.15) is 21.6 Å². The summed E-state index contributed by atoms with van der Waals surface area (Å²) in [4.78, 5) is 0. The molecule has 1 aromatic rings. The quantitative estimate of drug-likeness (QED) is 0.897. The zero-order chi connectivity index (χ0) is 12.4. The molecule has 1 N–H and O–H groups in total. The van der Waals surface area contributed by atoms with Gasteiger partial charge in [0, 0.05) is 5.69 Å². The molecule has 0 unspecified atom stereocenters. The molecule has 0 radical (unpaired) electrons. The molecule has 16 heavy (non-hydrogen) atoms. The van der Waals surface area contributed by atoms with E-state index in [1.54, 1.807) is 0 Å². The Morgan fingerprint density at radius 1 is 1.19 bits per heavy atom. The minimum absolute atomic E-state index is 0.150. The van der Waals surface area contributed by atoms with Crippen LogP contribution in [0.25, 0.3) is 6.08 Å². The molecule has 0 heterocycles. The Bertz CT molecular complexity index is 476. The average Bonchev–Trinajstić information content (AvgIpc) is 2.16. The summed E-state index contributed by atoms with van der Waals surface area (Å²) >= 11 is 0. The molecule has 1 aromatic carbocycles. The van der Waals surface area contributed by atoms with E-state index in [1.807, 2.05) is 0 Å². The molecule has 3 nitrogen and oxygen atoms in total. The van der Waals surface area contributed by atoms with Gasteiger partial charge < -0.3 is 0 Å². The zero-order valence-electron chi connectivity index (χ0n) is 7.95. The van der Waals surface area contributed by atoms with E-state index in [1.165, 1.54) is 35.1 Å². The van der Waals surface area contributed by atoms with Crippen molar-refractivity contribution in [1.29, 1.82) is 0 Å². The van der Waals surface area contributed by atoms with E-state index in [4.69, 9.17) is 0 Å². The lowest BCUT2D eigenvalue weighted by Gasteiger charge is -2.10. The first-order valence-electron chi connectivity index (χ1n) is 4.08. The zero-order valence-corrected chi connectivity index (χ0v) is 8.77. The molecule has 0 aliphatic rings. The highest BCUT2D eigenvalue weighted by Gasteiger charge is 2.45. The second-order valence-electron chi connectivity index (χ2n) is 2.88. The van der Waals surface area contributed by atoms with Crippen LogP contribution in [0.15, 0.2) is 30.8 Å². The minimum Gasteiger partial charge on any atom is -0.276 e. The number of benzene rings is 1. The fraction of sp³-hybridized carbons (Fsp3) is 0.111. The lowest BCUT2D eigenvalue weighted by Crippen LogP contribution is -2.29. The smallest absolute Gasteiger partial charge is 0.276 e.